The molecule has 0 spiro atoms. The van der Waals surface area contributed by atoms with Crippen LogP contribution in [0.15, 0.2) is 12.4 Å². The van der Waals surface area contributed by atoms with Gasteiger partial charge in [0.05, 0.1) is 17.5 Å². The summed E-state index contributed by atoms with van der Waals surface area (Å²) in [7, 11) is 0. The third kappa shape index (κ3) is 1.97. The number of amides is 2. The van der Waals surface area contributed by atoms with Gasteiger partial charge in [-0.2, -0.15) is 0 Å². The number of nitrogens with one attached hydrogen (secondary N) is 1. The quantitative estimate of drug-likeness (QED) is 0.798. The topological polar surface area (TPSA) is 66.1 Å². The van der Waals surface area contributed by atoms with Gasteiger partial charge in [0.1, 0.15) is 5.82 Å². The molecule has 1 fully saturated rings. The van der Waals surface area contributed by atoms with Gasteiger partial charge in [-0.25, -0.2) is 4.98 Å². The number of carbonyl (C=O) groups excluding carboxylic acids is 2. The lowest BCUT2D eigenvalue weighted by Crippen LogP contribution is -2.45. The molecule has 0 saturated carbocycles. The molecule has 0 aliphatic carbocycles. The van der Waals surface area contributed by atoms with Gasteiger partial charge in [-0.1, -0.05) is 6.92 Å². The van der Waals surface area contributed by atoms with Crippen LogP contribution in [-0.4, -0.2) is 38.2 Å². The largest absolute Gasteiger partial charge is 0.347 e. The van der Waals surface area contributed by atoms with E-state index in [1.54, 1.807) is 12.4 Å². The minimum absolute atomic E-state index is 0.121. The molecular weight excluding hydrogens is 226 g/mol. The van der Waals surface area contributed by atoms with Crippen molar-refractivity contribution in [2.45, 2.75) is 19.4 Å². The molecule has 1 atom stereocenters. The molecule has 1 saturated heterocycles. The van der Waals surface area contributed by atoms with Crippen molar-refractivity contribution in [2.75, 3.05) is 11.5 Å². The number of carbonyl (C=O) groups is 2. The number of nitrogens with zero attached hydrogens (tertiary/aromatic N) is 2. The minimum Gasteiger partial charge on any atom is -0.347 e. The maximum Gasteiger partial charge on any atom is 0.239 e. The summed E-state index contributed by atoms with van der Waals surface area (Å²) < 4.78 is 0. The van der Waals surface area contributed by atoms with E-state index in [1.807, 2.05) is 6.92 Å². The molecular formula is C10H13N3O2S. The number of aromatic amines is 1. The van der Waals surface area contributed by atoms with Crippen molar-refractivity contribution in [2.24, 2.45) is 0 Å². The number of imidazole rings is 1. The Bertz CT molecular complexity index is 375. The fourth-order valence-corrected chi connectivity index (χ4v) is 2.54. The second-order valence-corrected chi connectivity index (χ2v) is 4.53. The van der Waals surface area contributed by atoms with Crippen molar-refractivity contribution in [3.63, 3.8) is 0 Å². The van der Waals surface area contributed by atoms with Gasteiger partial charge in [-0.05, 0) is 6.42 Å². The van der Waals surface area contributed by atoms with E-state index in [2.05, 4.69) is 9.97 Å². The molecule has 2 amide bonds. The predicted molar refractivity (Wildman–Crippen MR) is 60.8 cm³/mol. The van der Waals surface area contributed by atoms with E-state index in [4.69, 9.17) is 0 Å². The number of aromatic nitrogens is 2. The average Bonchev–Trinajstić information content (AvgIpc) is 2.77. The molecule has 1 aromatic heterocycles. The standard InChI is InChI=1S/C10H13N3O2S/c1-2-7(10-11-3-4-12-10)13-8(14)5-16-6-9(13)15/h3-4,7H,2,5-6H2,1H3,(H,11,12). The summed E-state index contributed by atoms with van der Waals surface area (Å²) in [6, 6.07) is -0.254. The highest BCUT2D eigenvalue weighted by molar-refractivity contribution is 8.00. The van der Waals surface area contributed by atoms with Gasteiger partial charge in [-0.3, -0.25) is 14.5 Å². The molecule has 6 heteroatoms. The molecule has 86 valence electrons. The Morgan fingerprint density at radius 1 is 1.50 bits per heavy atom. The van der Waals surface area contributed by atoms with E-state index in [1.165, 1.54) is 16.7 Å². The van der Waals surface area contributed by atoms with Crippen molar-refractivity contribution < 1.29 is 9.59 Å². The zero-order valence-electron chi connectivity index (χ0n) is 8.97. The van der Waals surface area contributed by atoms with Crippen LogP contribution in [0.1, 0.15) is 25.2 Å². The van der Waals surface area contributed by atoms with Gasteiger partial charge in [-0.15, -0.1) is 11.8 Å². The van der Waals surface area contributed by atoms with Crippen molar-refractivity contribution in [3.05, 3.63) is 18.2 Å². The third-order valence-electron chi connectivity index (χ3n) is 2.52. The Morgan fingerprint density at radius 2 is 2.19 bits per heavy atom. The molecule has 1 N–H and O–H groups in total. The van der Waals surface area contributed by atoms with E-state index < -0.39 is 0 Å². The number of hydrogen-bond acceptors (Lipinski definition) is 4. The minimum atomic E-state index is -0.254. The van der Waals surface area contributed by atoms with Crippen LogP contribution in [0.3, 0.4) is 0 Å². The third-order valence-corrected chi connectivity index (χ3v) is 3.42. The van der Waals surface area contributed by atoms with Gasteiger partial charge in [0.15, 0.2) is 0 Å². The lowest BCUT2D eigenvalue weighted by atomic mass is 10.1. The van der Waals surface area contributed by atoms with Crippen LogP contribution in [-0.2, 0) is 9.59 Å². The first-order chi connectivity index (χ1) is 7.74. The van der Waals surface area contributed by atoms with Crippen LogP contribution in [0, 0.1) is 0 Å². The molecule has 2 heterocycles. The maximum absolute atomic E-state index is 11.7. The normalized spacial score (nSPS) is 18.9. The fourth-order valence-electron chi connectivity index (χ4n) is 1.81. The summed E-state index contributed by atoms with van der Waals surface area (Å²) in [6.45, 7) is 1.94. The number of rotatable bonds is 3. The Balaban J connectivity index is 2.26. The first-order valence-electron chi connectivity index (χ1n) is 5.16. The second-order valence-electron chi connectivity index (χ2n) is 3.55. The number of hydrogen-bond donors (Lipinski definition) is 1. The zero-order valence-corrected chi connectivity index (χ0v) is 9.79. The van der Waals surface area contributed by atoms with Crippen LogP contribution in [0.2, 0.25) is 0 Å². The Kier molecular flexibility index (Phi) is 3.28. The van der Waals surface area contributed by atoms with E-state index in [0.29, 0.717) is 23.8 Å². The van der Waals surface area contributed by atoms with Crippen LogP contribution in [0.25, 0.3) is 0 Å². The summed E-state index contributed by atoms with van der Waals surface area (Å²) in [5.41, 5.74) is 0. The van der Waals surface area contributed by atoms with Gasteiger partial charge in [0.25, 0.3) is 0 Å². The molecule has 0 aromatic carbocycles. The summed E-state index contributed by atoms with van der Waals surface area (Å²) >= 11 is 1.37. The molecule has 16 heavy (non-hydrogen) atoms. The maximum atomic E-state index is 11.7. The van der Waals surface area contributed by atoms with Crippen LogP contribution < -0.4 is 0 Å². The number of thioether (sulfide) groups is 1. The smallest absolute Gasteiger partial charge is 0.239 e. The van der Waals surface area contributed by atoms with Crippen LogP contribution in [0.5, 0.6) is 0 Å². The van der Waals surface area contributed by atoms with Gasteiger partial charge >= 0.3 is 0 Å². The highest BCUT2D eigenvalue weighted by Crippen LogP contribution is 2.25. The first-order valence-corrected chi connectivity index (χ1v) is 6.31. The van der Waals surface area contributed by atoms with Crippen molar-refractivity contribution >= 4 is 23.6 Å². The fraction of sp³-hybridized carbons (Fsp3) is 0.500. The number of H-pyrrole nitrogens is 1. The number of imide groups is 1. The van der Waals surface area contributed by atoms with Crippen molar-refractivity contribution in [3.8, 4) is 0 Å². The molecule has 2 rings (SSSR count). The molecule has 5 nitrogen and oxygen atoms in total. The van der Waals surface area contributed by atoms with Gasteiger partial charge in [0, 0.05) is 12.4 Å². The van der Waals surface area contributed by atoms with Crippen LogP contribution in [0.4, 0.5) is 0 Å². The monoisotopic (exact) mass is 239 g/mol. The lowest BCUT2D eigenvalue weighted by molar-refractivity contribution is -0.145. The summed E-state index contributed by atoms with van der Waals surface area (Å²) in [4.78, 5) is 31.9. The second kappa shape index (κ2) is 4.69. The molecule has 0 radical (unpaired) electrons. The summed E-state index contributed by atoms with van der Waals surface area (Å²) in [5.74, 6) is 1.19. The molecule has 1 aromatic rings. The summed E-state index contributed by atoms with van der Waals surface area (Å²) in [5, 5.41) is 0. The van der Waals surface area contributed by atoms with Crippen molar-refractivity contribution in [1.29, 1.82) is 0 Å². The Labute approximate surface area is 97.6 Å². The molecule has 0 bridgehead atoms. The SMILES string of the molecule is CCC(c1ncc[nH]1)N1C(=O)CSCC1=O. The molecule has 1 unspecified atom stereocenters. The Hall–Kier alpha value is -1.30. The van der Waals surface area contributed by atoms with Crippen LogP contribution >= 0.6 is 11.8 Å². The summed E-state index contributed by atoms with van der Waals surface area (Å²) in [6.07, 6.45) is 4.01. The van der Waals surface area contributed by atoms with E-state index in [9.17, 15) is 9.59 Å². The average molecular weight is 239 g/mol. The highest BCUT2D eigenvalue weighted by atomic mass is 32.2. The molecule has 1 aliphatic heterocycles. The van der Waals surface area contributed by atoms with E-state index in [-0.39, 0.29) is 17.9 Å². The highest BCUT2D eigenvalue weighted by Gasteiger charge is 2.33. The molecule has 1 aliphatic rings. The Morgan fingerprint density at radius 3 is 2.69 bits per heavy atom. The zero-order chi connectivity index (χ0) is 11.5. The van der Waals surface area contributed by atoms with E-state index >= 15 is 0 Å². The van der Waals surface area contributed by atoms with Crippen molar-refractivity contribution in [1.82, 2.24) is 14.9 Å². The lowest BCUT2D eigenvalue weighted by Gasteiger charge is -2.30. The van der Waals surface area contributed by atoms with E-state index in [0.717, 1.165) is 0 Å². The first kappa shape index (κ1) is 11.2. The predicted octanol–water partition coefficient (Wildman–Crippen LogP) is 0.963. The van der Waals surface area contributed by atoms with Gasteiger partial charge in [0.2, 0.25) is 11.8 Å². The van der Waals surface area contributed by atoms with Gasteiger partial charge < -0.3 is 4.98 Å².